The van der Waals surface area contributed by atoms with Gasteiger partial charge in [0, 0.05) is 21.3 Å². The first kappa shape index (κ1) is 14.9. The average molecular weight is 218 g/mol. The minimum atomic E-state index is -0.131. The standard InChI is InChI=1S/C12H26O3/c1-11(2,9-12(3,4)15-7)10(14-6)8-13-5/h10H,8-9H2,1-7H3. The van der Waals surface area contributed by atoms with Crippen molar-refractivity contribution in [2.24, 2.45) is 5.41 Å². The second-order valence-electron chi connectivity index (χ2n) is 5.31. The van der Waals surface area contributed by atoms with Crippen LogP contribution in [0.25, 0.3) is 0 Å². The Balaban J connectivity index is 4.49. The van der Waals surface area contributed by atoms with E-state index in [-0.39, 0.29) is 17.1 Å². The summed E-state index contributed by atoms with van der Waals surface area (Å²) in [5.41, 5.74) is -0.0989. The van der Waals surface area contributed by atoms with Gasteiger partial charge in [0.1, 0.15) is 0 Å². The zero-order chi connectivity index (χ0) is 12.1. The normalized spacial score (nSPS) is 15.4. The Kier molecular flexibility index (Phi) is 5.78. The first-order chi connectivity index (χ1) is 6.79. The smallest absolute Gasteiger partial charge is 0.0856 e. The molecule has 0 saturated heterocycles. The molecule has 0 radical (unpaired) electrons. The Bertz CT molecular complexity index is 176. The summed E-state index contributed by atoms with van der Waals surface area (Å²) < 4.78 is 16.1. The van der Waals surface area contributed by atoms with E-state index in [0.717, 1.165) is 6.42 Å². The Hall–Kier alpha value is -0.120. The molecule has 0 rings (SSSR count). The molecule has 0 aliphatic carbocycles. The average Bonchev–Trinajstić information content (AvgIpc) is 2.12. The van der Waals surface area contributed by atoms with Gasteiger partial charge in [0.2, 0.25) is 0 Å². The zero-order valence-corrected chi connectivity index (χ0v) is 11.2. The second-order valence-corrected chi connectivity index (χ2v) is 5.31. The van der Waals surface area contributed by atoms with E-state index in [4.69, 9.17) is 14.2 Å². The molecular formula is C12H26O3. The monoisotopic (exact) mass is 218 g/mol. The van der Waals surface area contributed by atoms with Crippen LogP contribution < -0.4 is 0 Å². The predicted molar refractivity (Wildman–Crippen MR) is 62.2 cm³/mol. The molecule has 3 heteroatoms. The molecule has 0 bridgehead atoms. The van der Waals surface area contributed by atoms with E-state index in [2.05, 4.69) is 27.7 Å². The van der Waals surface area contributed by atoms with Gasteiger partial charge >= 0.3 is 0 Å². The van der Waals surface area contributed by atoms with Crippen LogP contribution in [0.1, 0.15) is 34.1 Å². The topological polar surface area (TPSA) is 27.7 Å². The maximum absolute atomic E-state index is 5.47. The van der Waals surface area contributed by atoms with Crippen LogP contribution in [-0.4, -0.2) is 39.6 Å². The van der Waals surface area contributed by atoms with Crippen molar-refractivity contribution in [3.05, 3.63) is 0 Å². The van der Waals surface area contributed by atoms with E-state index in [1.807, 2.05) is 0 Å². The van der Waals surface area contributed by atoms with E-state index >= 15 is 0 Å². The van der Waals surface area contributed by atoms with Gasteiger partial charge in [-0.15, -0.1) is 0 Å². The minimum Gasteiger partial charge on any atom is -0.382 e. The molecule has 0 aromatic rings. The molecular weight excluding hydrogens is 192 g/mol. The van der Waals surface area contributed by atoms with E-state index < -0.39 is 0 Å². The molecule has 0 saturated carbocycles. The van der Waals surface area contributed by atoms with E-state index in [9.17, 15) is 0 Å². The first-order valence-corrected chi connectivity index (χ1v) is 5.36. The summed E-state index contributed by atoms with van der Waals surface area (Å²) in [4.78, 5) is 0. The van der Waals surface area contributed by atoms with Gasteiger partial charge in [-0.1, -0.05) is 13.8 Å². The molecule has 1 atom stereocenters. The molecule has 0 fully saturated rings. The Labute approximate surface area is 94.1 Å². The molecule has 15 heavy (non-hydrogen) atoms. The summed E-state index contributed by atoms with van der Waals surface area (Å²) >= 11 is 0. The van der Waals surface area contributed by atoms with Crippen molar-refractivity contribution >= 4 is 0 Å². The Morgan fingerprint density at radius 1 is 1.00 bits per heavy atom. The Morgan fingerprint density at radius 3 is 1.87 bits per heavy atom. The van der Waals surface area contributed by atoms with Crippen LogP contribution in [0.5, 0.6) is 0 Å². The lowest BCUT2D eigenvalue weighted by molar-refractivity contribution is -0.0853. The van der Waals surface area contributed by atoms with Crippen molar-refractivity contribution < 1.29 is 14.2 Å². The molecule has 0 aromatic heterocycles. The fourth-order valence-electron chi connectivity index (χ4n) is 2.05. The highest BCUT2D eigenvalue weighted by atomic mass is 16.5. The summed E-state index contributed by atoms with van der Waals surface area (Å²) in [6.07, 6.45) is 1.02. The van der Waals surface area contributed by atoms with Gasteiger partial charge < -0.3 is 14.2 Å². The fourth-order valence-corrected chi connectivity index (χ4v) is 2.05. The van der Waals surface area contributed by atoms with E-state index in [1.54, 1.807) is 21.3 Å². The number of ether oxygens (including phenoxy) is 3. The van der Waals surface area contributed by atoms with Crippen LogP contribution in [0.3, 0.4) is 0 Å². The molecule has 0 heterocycles. The highest BCUT2D eigenvalue weighted by Gasteiger charge is 2.35. The van der Waals surface area contributed by atoms with Crippen molar-refractivity contribution in [3.63, 3.8) is 0 Å². The van der Waals surface area contributed by atoms with Crippen molar-refractivity contribution in [1.82, 2.24) is 0 Å². The van der Waals surface area contributed by atoms with Crippen LogP contribution >= 0.6 is 0 Å². The SMILES string of the molecule is COCC(OC)C(C)(C)CC(C)(C)OC. The maximum Gasteiger partial charge on any atom is 0.0856 e. The van der Waals surface area contributed by atoms with Crippen molar-refractivity contribution in [2.75, 3.05) is 27.9 Å². The summed E-state index contributed by atoms with van der Waals surface area (Å²) in [5, 5.41) is 0. The number of rotatable bonds is 7. The summed E-state index contributed by atoms with van der Waals surface area (Å²) in [7, 11) is 5.17. The highest BCUT2D eigenvalue weighted by molar-refractivity contribution is 4.86. The van der Waals surface area contributed by atoms with Crippen molar-refractivity contribution in [3.8, 4) is 0 Å². The van der Waals surface area contributed by atoms with Crippen LogP contribution in [0.15, 0.2) is 0 Å². The number of methoxy groups -OCH3 is 3. The second kappa shape index (κ2) is 5.83. The quantitative estimate of drug-likeness (QED) is 0.657. The largest absolute Gasteiger partial charge is 0.382 e. The van der Waals surface area contributed by atoms with E-state index in [1.165, 1.54) is 0 Å². The Morgan fingerprint density at radius 2 is 1.53 bits per heavy atom. The summed E-state index contributed by atoms with van der Waals surface area (Å²) in [6.45, 7) is 9.16. The predicted octanol–water partition coefficient (Wildman–Crippen LogP) is 2.49. The number of hydrogen-bond acceptors (Lipinski definition) is 3. The fraction of sp³-hybridized carbons (Fsp3) is 1.00. The lowest BCUT2D eigenvalue weighted by Gasteiger charge is -2.38. The molecule has 0 amide bonds. The molecule has 0 aliphatic heterocycles. The minimum absolute atomic E-state index is 0.0320. The van der Waals surface area contributed by atoms with Crippen LogP contribution in [-0.2, 0) is 14.2 Å². The van der Waals surface area contributed by atoms with Crippen LogP contribution in [0.2, 0.25) is 0 Å². The molecule has 3 nitrogen and oxygen atoms in total. The van der Waals surface area contributed by atoms with Gasteiger partial charge in [-0.3, -0.25) is 0 Å². The number of hydrogen-bond donors (Lipinski definition) is 0. The van der Waals surface area contributed by atoms with E-state index in [0.29, 0.717) is 6.61 Å². The van der Waals surface area contributed by atoms with Gasteiger partial charge in [0.05, 0.1) is 18.3 Å². The summed E-state index contributed by atoms with van der Waals surface area (Å²) in [6, 6.07) is 0. The third-order valence-corrected chi connectivity index (χ3v) is 2.91. The molecule has 0 aromatic carbocycles. The third-order valence-electron chi connectivity index (χ3n) is 2.91. The van der Waals surface area contributed by atoms with Crippen LogP contribution in [0.4, 0.5) is 0 Å². The van der Waals surface area contributed by atoms with Gasteiger partial charge in [-0.25, -0.2) is 0 Å². The molecule has 0 aliphatic rings. The molecule has 1 unspecified atom stereocenters. The summed E-state index contributed by atoms with van der Waals surface area (Å²) in [5.74, 6) is 0. The molecule has 92 valence electrons. The van der Waals surface area contributed by atoms with Gasteiger partial charge in [0.15, 0.2) is 0 Å². The first-order valence-electron chi connectivity index (χ1n) is 5.36. The van der Waals surface area contributed by atoms with Crippen molar-refractivity contribution in [2.45, 2.75) is 45.8 Å². The maximum atomic E-state index is 5.47. The third kappa shape index (κ3) is 4.96. The lowest BCUT2D eigenvalue weighted by atomic mass is 9.77. The van der Waals surface area contributed by atoms with Crippen molar-refractivity contribution in [1.29, 1.82) is 0 Å². The van der Waals surface area contributed by atoms with Crippen LogP contribution in [0, 0.1) is 5.41 Å². The van der Waals surface area contributed by atoms with Gasteiger partial charge in [-0.2, -0.15) is 0 Å². The van der Waals surface area contributed by atoms with Gasteiger partial charge in [-0.05, 0) is 25.7 Å². The molecule has 0 spiro atoms. The molecule has 0 N–H and O–H groups in total. The van der Waals surface area contributed by atoms with Gasteiger partial charge in [0.25, 0.3) is 0 Å². The lowest BCUT2D eigenvalue weighted by Crippen LogP contribution is -2.41. The zero-order valence-electron chi connectivity index (χ0n) is 11.2. The highest BCUT2D eigenvalue weighted by Crippen LogP contribution is 2.34.